The Morgan fingerprint density at radius 2 is 1.96 bits per heavy atom. The number of nitrogens with one attached hydrogen (secondary N) is 1. The molecule has 4 rings (SSSR count). The Morgan fingerprint density at radius 1 is 1.17 bits per heavy atom. The summed E-state index contributed by atoms with van der Waals surface area (Å²) in [5.41, 5.74) is 8.63. The van der Waals surface area contributed by atoms with Crippen molar-refractivity contribution in [3.63, 3.8) is 0 Å². The molecule has 2 aliphatic rings. The van der Waals surface area contributed by atoms with Gasteiger partial charge in [-0.25, -0.2) is 0 Å². The van der Waals surface area contributed by atoms with E-state index in [1.165, 1.54) is 5.56 Å². The maximum Gasteiger partial charge on any atom is 0.152 e. The molecule has 2 heterocycles. The molecule has 0 spiro atoms. The minimum Gasteiger partial charge on any atom is -0.497 e. The molecule has 2 aromatic rings. The van der Waals surface area contributed by atoms with E-state index >= 15 is 0 Å². The number of aliphatic imine (C=N–C) groups is 1. The van der Waals surface area contributed by atoms with Crippen molar-refractivity contribution in [1.82, 2.24) is 5.43 Å². The smallest absolute Gasteiger partial charge is 0.152 e. The zero-order valence-corrected chi connectivity index (χ0v) is 14.1. The fourth-order valence-corrected chi connectivity index (χ4v) is 3.20. The first kappa shape index (κ1) is 14.8. The SMILES string of the molecule is COc1ccc2c(c1)C(c1ccc(C)cc1)=NCC1=NNC(C)N12. The number of methoxy groups -OCH3 is 1. The van der Waals surface area contributed by atoms with Gasteiger partial charge in [0.15, 0.2) is 5.84 Å². The summed E-state index contributed by atoms with van der Waals surface area (Å²) in [4.78, 5) is 7.07. The largest absolute Gasteiger partial charge is 0.497 e. The van der Waals surface area contributed by atoms with Crippen LogP contribution in [0.2, 0.25) is 0 Å². The molecule has 0 radical (unpaired) electrons. The zero-order chi connectivity index (χ0) is 16.7. The Hall–Kier alpha value is -2.82. The third-order valence-electron chi connectivity index (χ3n) is 4.47. The van der Waals surface area contributed by atoms with Gasteiger partial charge in [-0.15, -0.1) is 0 Å². The van der Waals surface area contributed by atoms with Crippen molar-refractivity contribution < 1.29 is 4.74 Å². The van der Waals surface area contributed by atoms with Crippen molar-refractivity contribution in [3.8, 4) is 5.75 Å². The van der Waals surface area contributed by atoms with Crippen molar-refractivity contribution in [2.45, 2.75) is 20.0 Å². The summed E-state index contributed by atoms with van der Waals surface area (Å²) in [5, 5.41) is 4.44. The highest BCUT2D eigenvalue weighted by atomic mass is 16.5. The molecule has 122 valence electrons. The van der Waals surface area contributed by atoms with E-state index in [0.717, 1.165) is 34.1 Å². The van der Waals surface area contributed by atoms with Gasteiger partial charge in [-0.05, 0) is 32.0 Å². The van der Waals surface area contributed by atoms with Crippen LogP contribution in [0.5, 0.6) is 5.75 Å². The maximum absolute atomic E-state index is 5.44. The molecule has 0 fully saturated rings. The number of amidine groups is 1. The van der Waals surface area contributed by atoms with Crippen molar-refractivity contribution in [2.75, 3.05) is 18.6 Å². The minimum atomic E-state index is 0.111. The molecule has 2 aromatic carbocycles. The first-order valence-electron chi connectivity index (χ1n) is 8.08. The Morgan fingerprint density at radius 3 is 2.71 bits per heavy atom. The summed E-state index contributed by atoms with van der Waals surface area (Å²) in [6, 6.07) is 14.6. The Labute approximate surface area is 141 Å². The Balaban J connectivity index is 1.91. The number of hydrazone groups is 1. The van der Waals surface area contributed by atoms with Gasteiger partial charge < -0.3 is 9.64 Å². The summed E-state index contributed by atoms with van der Waals surface area (Å²) in [6.45, 7) is 4.74. The van der Waals surface area contributed by atoms with Gasteiger partial charge in [0.05, 0.1) is 25.1 Å². The van der Waals surface area contributed by atoms with Gasteiger partial charge >= 0.3 is 0 Å². The predicted octanol–water partition coefficient (Wildman–Crippen LogP) is 2.92. The lowest BCUT2D eigenvalue weighted by atomic mass is 9.99. The summed E-state index contributed by atoms with van der Waals surface area (Å²) in [7, 11) is 1.69. The molecule has 24 heavy (non-hydrogen) atoms. The van der Waals surface area contributed by atoms with Crippen LogP contribution in [0.3, 0.4) is 0 Å². The van der Waals surface area contributed by atoms with E-state index in [0.29, 0.717) is 6.54 Å². The van der Waals surface area contributed by atoms with E-state index in [-0.39, 0.29) is 6.17 Å². The van der Waals surface area contributed by atoms with Crippen molar-refractivity contribution in [3.05, 3.63) is 59.2 Å². The Bertz CT molecular complexity index is 839. The fraction of sp³-hybridized carbons (Fsp3) is 0.263. The summed E-state index contributed by atoms with van der Waals surface area (Å²) < 4.78 is 5.44. The lowest BCUT2D eigenvalue weighted by Gasteiger charge is -2.25. The number of hydrogen-bond acceptors (Lipinski definition) is 5. The van der Waals surface area contributed by atoms with Gasteiger partial charge in [-0.1, -0.05) is 29.8 Å². The second-order valence-electron chi connectivity index (χ2n) is 6.12. The molecule has 1 unspecified atom stereocenters. The number of ether oxygens (including phenoxy) is 1. The van der Waals surface area contributed by atoms with Crippen LogP contribution < -0.4 is 15.1 Å². The maximum atomic E-state index is 5.44. The van der Waals surface area contributed by atoms with Crippen LogP contribution in [0.25, 0.3) is 0 Å². The summed E-state index contributed by atoms with van der Waals surface area (Å²) in [5.74, 6) is 1.77. The van der Waals surface area contributed by atoms with Crippen LogP contribution in [0, 0.1) is 6.92 Å². The lowest BCUT2D eigenvalue weighted by Crippen LogP contribution is -2.38. The van der Waals surface area contributed by atoms with E-state index in [1.54, 1.807) is 7.11 Å². The van der Waals surface area contributed by atoms with E-state index in [1.807, 2.05) is 6.07 Å². The average molecular weight is 320 g/mol. The monoisotopic (exact) mass is 320 g/mol. The summed E-state index contributed by atoms with van der Waals surface area (Å²) >= 11 is 0. The van der Waals surface area contributed by atoms with E-state index in [9.17, 15) is 0 Å². The summed E-state index contributed by atoms with van der Waals surface area (Å²) in [6.07, 6.45) is 0.111. The van der Waals surface area contributed by atoms with E-state index in [2.05, 4.69) is 65.7 Å². The fourth-order valence-electron chi connectivity index (χ4n) is 3.20. The number of nitrogens with zero attached hydrogens (tertiary/aromatic N) is 3. The molecule has 2 aliphatic heterocycles. The predicted molar refractivity (Wildman–Crippen MR) is 97.2 cm³/mol. The van der Waals surface area contributed by atoms with E-state index < -0.39 is 0 Å². The number of fused-ring (bicyclic) bond motifs is 3. The van der Waals surface area contributed by atoms with Crippen molar-refractivity contribution in [1.29, 1.82) is 0 Å². The molecule has 5 nitrogen and oxygen atoms in total. The molecule has 0 bridgehead atoms. The molecule has 1 N–H and O–H groups in total. The standard InChI is InChI=1S/C19H20N4O/c1-12-4-6-14(7-5-12)19-16-10-15(24-3)8-9-17(16)23-13(2)21-22-18(23)11-20-19/h4-10,13,21H,11H2,1-3H3. The van der Waals surface area contributed by atoms with Gasteiger partial charge in [-0.2, -0.15) is 5.10 Å². The van der Waals surface area contributed by atoms with Gasteiger partial charge in [0, 0.05) is 11.1 Å². The molecular formula is C19H20N4O. The molecule has 5 heteroatoms. The van der Waals surface area contributed by atoms with E-state index in [4.69, 9.17) is 9.73 Å². The number of hydrogen-bond donors (Lipinski definition) is 1. The zero-order valence-electron chi connectivity index (χ0n) is 14.1. The second-order valence-corrected chi connectivity index (χ2v) is 6.12. The highest BCUT2D eigenvalue weighted by Crippen LogP contribution is 2.32. The quantitative estimate of drug-likeness (QED) is 0.925. The minimum absolute atomic E-state index is 0.111. The topological polar surface area (TPSA) is 49.2 Å². The first-order valence-corrected chi connectivity index (χ1v) is 8.08. The molecule has 0 amide bonds. The van der Waals surface area contributed by atoms with Gasteiger partial charge in [0.1, 0.15) is 11.9 Å². The number of anilines is 1. The third-order valence-corrected chi connectivity index (χ3v) is 4.47. The van der Waals surface area contributed by atoms with Crippen LogP contribution in [0.15, 0.2) is 52.6 Å². The van der Waals surface area contributed by atoms with Crippen LogP contribution in [-0.4, -0.2) is 31.4 Å². The number of benzene rings is 2. The number of rotatable bonds is 2. The van der Waals surface area contributed by atoms with Crippen LogP contribution >= 0.6 is 0 Å². The molecule has 0 saturated heterocycles. The molecular weight excluding hydrogens is 300 g/mol. The Kier molecular flexibility index (Phi) is 3.49. The molecule has 0 aliphatic carbocycles. The van der Waals surface area contributed by atoms with Crippen LogP contribution in [0.1, 0.15) is 23.6 Å². The molecule has 0 saturated carbocycles. The van der Waals surface area contributed by atoms with Gasteiger partial charge in [0.2, 0.25) is 0 Å². The van der Waals surface area contributed by atoms with Gasteiger partial charge in [0.25, 0.3) is 0 Å². The highest BCUT2D eigenvalue weighted by Gasteiger charge is 2.31. The lowest BCUT2D eigenvalue weighted by molar-refractivity contribution is 0.414. The van der Waals surface area contributed by atoms with Crippen LogP contribution in [-0.2, 0) is 0 Å². The highest BCUT2D eigenvalue weighted by molar-refractivity contribution is 6.20. The third kappa shape index (κ3) is 2.33. The van der Waals surface area contributed by atoms with Crippen molar-refractivity contribution >= 4 is 17.2 Å². The molecule has 0 aromatic heterocycles. The first-order chi connectivity index (χ1) is 11.7. The van der Waals surface area contributed by atoms with Crippen LogP contribution in [0.4, 0.5) is 5.69 Å². The van der Waals surface area contributed by atoms with Crippen molar-refractivity contribution in [2.24, 2.45) is 10.1 Å². The van der Waals surface area contributed by atoms with Gasteiger partial charge in [-0.3, -0.25) is 10.4 Å². The normalized spacial score (nSPS) is 18.8. The molecule has 1 atom stereocenters. The number of aryl methyl sites for hydroxylation is 1. The second kappa shape index (κ2) is 5.67. The average Bonchev–Trinajstić information content (AvgIpc) is 2.88.